The third-order valence-corrected chi connectivity index (χ3v) is 3.62. The Bertz CT molecular complexity index is 395. The highest BCUT2D eigenvalue weighted by Crippen LogP contribution is 2.23. The van der Waals surface area contributed by atoms with E-state index in [-0.39, 0.29) is 12.6 Å². The third-order valence-electron chi connectivity index (χ3n) is 3.62. The summed E-state index contributed by atoms with van der Waals surface area (Å²) >= 11 is 0. The lowest BCUT2D eigenvalue weighted by Crippen LogP contribution is -2.38. The maximum Gasteiger partial charge on any atom is 0.132 e. The number of hydrogen-bond acceptors (Lipinski definition) is 4. The third kappa shape index (κ3) is 2.99. The predicted octanol–water partition coefficient (Wildman–Crippen LogP) is 2.09. The van der Waals surface area contributed by atoms with Crippen LogP contribution in [-0.4, -0.2) is 34.3 Å². The molecule has 2 rings (SSSR count). The van der Waals surface area contributed by atoms with E-state index in [1.165, 1.54) is 19.3 Å². The normalized spacial score (nSPS) is 20.8. The van der Waals surface area contributed by atoms with Crippen molar-refractivity contribution in [3.8, 4) is 0 Å². The molecular formula is C14H23N3O. The second-order valence-electron chi connectivity index (χ2n) is 5.00. The smallest absolute Gasteiger partial charge is 0.132 e. The molecule has 0 bridgehead atoms. The number of hydrogen-bond donors (Lipinski definition) is 1. The maximum absolute atomic E-state index is 9.56. The molecule has 1 aliphatic heterocycles. The lowest BCUT2D eigenvalue weighted by Gasteiger charge is -2.30. The molecule has 1 fully saturated rings. The minimum Gasteiger partial charge on any atom is -0.394 e. The molecule has 0 spiro atoms. The van der Waals surface area contributed by atoms with Crippen LogP contribution in [0.25, 0.3) is 0 Å². The van der Waals surface area contributed by atoms with E-state index < -0.39 is 0 Å². The lowest BCUT2D eigenvalue weighted by molar-refractivity contribution is 0.254. The largest absolute Gasteiger partial charge is 0.394 e. The highest BCUT2D eigenvalue weighted by atomic mass is 16.3. The van der Waals surface area contributed by atoms with Crippen LogP contribution in [0.3, 0.4) is 0 Å². The van der Waals surface area contributed by atoms with E-state index >= 15 is 0 Å². The van der Waals surface area contributed by atoms with Gasteiger partial charge in [0.25, 0.3) is 0 Å². The number of aromatic nitrogens is 2. The summed E-state index contributed by atoms with van der Waals surface area (Å²) in [5.41, 5.74) is 1.08. The summed E-state index contributed by atoms with van der Waals surface area (Å²) in [6.45, 7) is 5.25. The fraction of sp³-hybridized carbons (Fsp3) is 0.714. The first-order valence-corrected chi connectivity index (χ1v) is 6.96. The molecule has 0 aromatic carbocycles. The van der Waals surface area contributed by atoms with E-state index in [2.05, 4.69) is 27.9 Å². The molecule has 1 atom stereocenters. The Balaban J connectivity index is 2.29. The summed E-state index contributed by atoms with van der Waals surface area (Å²) in [4.78, 5) is 11.2. The van der Waals surface area contributed by atoms with E-state index in [1.807, 2.05) is 6.92 Å². The molecule has 1 aromatic rings. The van der Waals surface area contributed by atoms with Gasteiger partial charge in [-0.05, 0) is 26.2 Å². The summed E-state index contributed by atoms with van der Waals surface area (Å²) in [5, 5.41) is 9.56. The Morgan fingerprint density at radius 3 is 2.89 bits per heavy atom. The molecule has 1 N–H and O–H groups in total. The molecule has 0 saturated carbocycles. The van der Waals surface area contributed by atoms with Gasteiger partial charge in [0.15, 0.2) is 0 Å². The van der Waals surface area contributed by atoms with Crippen molar-refractivity contribution >= 4 is 5.82 Å². The minimum absolute atomic E-state index is 0.213. The van der Waals surface area contributed by atoms with Gasteiger partial charge in [-0.15, -0.1) is 0 Å². The summed E-state index contributed by atoms with van der Waals surface area (Å²) in [6, 6.07) is 2.28. The number of nitrogens with zero attached hydrogens (tertiary/aromatic N) is 3. The average molecular weight is 249 g/mol. The van der Waals surface area contributed by atoms with Crippen molar-refractivity contribution in [1.29, 1.82) is 0 Å². The van der Waals surface area contributed by atoms with E-state index in [1.54, 1.807) is 0 Å². The number of aryl methyl sites for hydroxylation is 2. The number of anilines is 1. The van der Waals surface area contributed by atoms with Crippen molar-refractivity contribution in [2.75, 3.05) is 18.1 Å². The first-order valence-electron chi connectivity index (χ1n) is 6.96. The molecule has 1 aliphatic rings. The monoisotopic (exact) mass is 249 g/mol. The van der Waals surface area contributed by atoms with Crippen molar-refractivity contribution in [1.82, 2.24) is 9.97 Å². The van der Waals surface area contributed by atoms with Gasteiger partial charge in [0.2, 0.25) is 0 Å². The van der Waals surface area contributed by atoms with Gasteiger partial charge in [-0.25, -0.2) is 9.97 Å². The topological polar surface area (TPSA) is 49.2 Å². The molecule has 1 saturated heterocycles. The highest BCUT2D eigenvalue weighted by molar-refractivity contribution is 5.41. The standard InChI is InChI=1S/C14H23N3O/c1-3-12-9-14(16-11(2)15-12)17-8-6-4-5-7-13(17)10-18/h9,13,18H,3-8,10H2,1-2H3. The van der Waals surface area contributed by atoms with Crippen LogP contribution in [0.15, 0.2) is 6.07 Å². The van der Waals surface area contributed by atoms with Crippen LogP contribution in [0.2, 0.25) is 0 Å². The SMILES string of the molecule is CCc1cc(N2CCCCCC2CO)nc(C)n1. The fourth-order valence-electron chi connectivity index (χ4n) is 2.61. The van der Waals surface area contributed by atoms with Gasteiger partial charge < -0.3 is 10.0 Å². The van der Waals surface area contributed by atoms with Crippen LogP contribution < -0.4 is 4.90 Å². The number of rotatable bonds is 3. The van der Waals surface area contributed by atoms with E-state index in [0.717, 1.165) is 36.7 Å². The Hall–Kier alpha value is -1.16. The van der Waals surface area contributed by atoms with Crippen LogP contribution >= 0.6 is 0 Å². The molecule has 18 heavy (non-hydrogen) atoms. The van der Waals surface area contributed by atoms with E-state index in [9.17, 15) is 5.11 Å². The predicted molar refractivity (Wildman–Crippen MR) is 72.8 cm³/mol. The van der Waals surface area contributed by atoms with Crippen molar-refractivity contribution < 1.29 is 5.11 Å². The summed E-state index contributed by atoms with van der Waals surface area (Å²) in [6.07, 6.45) is 5.61. The molecular weight excluding hydrogens is 226 g/mol. The molecule has 1 aromatic heterocycles. The fourth-order valence-corrected chi connectivity index (χ4v) is 2.61. The molecule has 4 heteroatoms. The van der Waals surface area contributed by atoms with Crippen molar-refractivity contribution in [2.24, 2.45) is 0 Å². The van der Waals surface area contributed by atoms with Gasteiger partial charge in [0, 0.05) is 18.3 Å². The Morgan fingerprint density at radius 2 is 2.17 bits per heavy atom. The number of aliphatic hydroxyl groups excluding tert-OH is 1. The zero-order valence-corrected chi connectivity index (χ0v) is 11.4. The Labute approximate surface area is 109 Å². The molecule has 2 heterocycles. The van der Waals surface area contributed by atoms with Crippen LogP contribution in [0, 0.1) is 6.92 Å². The number of aliphatic hydroxyl groups is 1. The molecule has 1 unspecified atom stereocenters. The molecule has 0 amide bonds. The molecule has 0 aliphatic carbocycles. The second kappa shape index (κ2) is 6.14. The van der Waals surface area contributed by atoms with Crippen molar-refractivity contribution in [2.45, 2.75) is 52.0 Å². The van der Waals surface area contributed by atoms with E-state index in [4.69, 9.17) is 0 Å². The van der Waals surface area contributed by atoms with Gasteiger partial charge in [-0.2, -0.15) is 0 Å². The zero-order valence-electron chi connectivity index (χ0n) is 11.4. The van der Waals surface area contributed by atoms with Gasteiger partial charge in [-0.3, -0.25) is 0 Å². The zero-order chi connectivity index (χ0) is 13.0. The van der Waals surface area contributed by atoms with Gasteiger partial charge in [0.05, 0.1) is 12.6 Å². The van der Waals surface area contributed by atoms with Crippen molar-refractivity contribution in [3.05, 3.63) is 17.6 Å². The Morgan fingerprint density at radius 1 is 1.33 bits per heavy atom. The second-order valence-corrected chi connectivity index (χ2v) is 5.00. The summed E-state index contributed by atoms with van der Waals surface area (Å²) in [7, 11) is 0. The summed E-state index contributed by atoms with van der Waals surface area (Å²) < 4.78 is 0. The maximum atomic E-state index is 9.56. The van der Waals surface area contributed by atoms with Crippen LogP contribution in [0.1, 0.15) is 44.1 Å². The van der Waals surface area contributed by atoms with Crippen LogP contribution in [0.4, 0.5) is 5.82 Å². The van der Waals surface area contributed by atoms with Gasteiger partial charge >= 0.3 is 0 Å². The average Bonchev–Trinajstić information content (AvgIpc) is 2.62. The quantitative estimate of drug-likeness (QED) is 0.891. The van der Waals surface area contributed by atoms with E-state index in [0.29, 0.717) is 0 Å². The summed E-state index contributed by atoms with van der Waals surface area (Å²) in [5.74, 6) is 1.81. The lowest BCUT2D eigenvalue weighted by atomic mass is 10.1. The van der Waals surface area contributed by atoms with Crippen LogP contribution in [0.5, 0.6) is 0 Å². The minimum atomic E-state index is 0.213. The van der Waals surface area contributed by atoms with Crippen LogP contribution in [-0.2, 0) is 6.42 Å². The first-order chi connectivity index (χ1) is 8.74. The molecule has 100 valence electrons. The first kappa shape index (κ1) is 13.3. The van der Waals surface area contributed by atoms with Gasteiger partial charge in [-0.1, -0.05) is 19.8 Å². The van der Waals surface area contributed by atoms with Crippen molar-refractivity contribution in [3.63, 3.8) is 0 Å². The Kier molecular flexibility index (Phi) is 4.53. The highest BCUT2D eigenvalue weighted by Gasteiger charge is 2.22. The molecule has 0 radical (unpaired) electrons. The molecule has 4 nitrogen and oxygen atoms in total. The van der Waals surface area contributed by atoms with Gasteiger partial charge in [0.1, 0.15) is 11.6 Å².